The number of aromatic amines is 1. The first kappa shape index (κ1) is 10.7. The van der Waals surface area contributed by atoms with Gasteiger partial charge in [-0.05, 0) is 12.5 Å². The molecule has 2 aromatic heterocycles. The molecule has 0 aliphatic rings. The summed E-state index contributed by atoms with van der Waals surface area (Å²) in [6, 6.07) is 8.22. The molecule has 2 heterocycles. The second-order valence-electron chi connectivity index (χ2n) is 4.26. The van der Waals surface area contributed by atoms with E-state index in [1.807, 2.05) is 6.92 Å². The third kappa shape index (κ3) is 1.79. The van der Waals surface area contributed by atoms with E-state index >= 15 is 0 Å². The minimum absolute atomic E-state index is 0.157. The van der Waals surface area contributed by atoms with Gasteiger partial charge in [0.15, 0.2) is 5.65 Å². The van der Waals surface area contributed by atoms with Gasteiger partial charge >= 0.3 is 0 Å². The summed E-state index contributed by atoms with van der Waals surface area (Å²) < 4.78 is 1.73. The Labute approximate surface area is 103 Å². The number of aromatic nitrogens is 4. The van der Waals surface area contributed by atoms with E-state index in [0.717, 1.165) is 5.56 Å². The molecule has 0 unspecified atom stereocenters. The van der Waals surface area contributed by atoms with Gasteiger partial charge in [-0.3, -0.25) is 4.79 Å². The third-order valence-corrected chi connectivity index (χ3v) is 2.89. The van der Waals surface area contributed by atoms with Crippen molar-refractivity contribution < 1.29 is 0 Å². The predicted octanol–water partition coefficient (Wildman–Crippen LogP) is 1.48. The largest absolute Gasteiger partial charge is 0.312 e. The van der Waals surface area contributed by atoms with Crippen LogP contribution in [-0.2, 0) is 6.54 Å². The molecule has 18 heavy (non-hydrogen) atoms. The first-order valence-electron chi connectivity index (χ1n) is 5.69. The Morgan fingerprint density at radius 2 is 2.06 bits per heavy atom. The Hall–Kier alpha value is -2.43. The summed E-state index contributed by atoms with van der Waals surface area (Å²) in [4.78, 5) is 18.2. The normalized spacial score (nSPS) is 10.9. The lowest BCUT2D eigenvalue weighted by Gasteiger charge is -2.03. The van der Waals surface area contributed by atoms with Crippen molar-refractivity contribution in [2.24, 2.45) is 0 Å². The van der Waals surface area contributed by atoms with E-state index in [2.05, 4.69) is 39.3 Å². The van der Waals surface area contributed by atoms with Crippen LogP contribution in [0.25, 0.3) is 11.0 Å². The average Bonchev–Trinajstić information content (AvgIpc) is 2.77. The average molecular weight is 240 g/mol. The molecule has 1 N–H and O–H groups in total. The van der Waals surface area contributed by atoms with Gasteiger partial charge in [-0.15, -0.1) is 0 Å². The molecular formula is C13H12N4O. The molecule has 90 valence electrons. The van der Waals surface area contributed by atoms with Crippen molar-refractivity contribution in [3.63, 3.8) is 0 Å². The molecule has 0 atom stereocenters. The molecule has 3 aromatic rings. The van der Waals surface area contributed by atoms with Crippen LogP contribution < -0.4 is 5.56 Å². The van der Waals surface area contributed by atoms with E-state index in [4.69, 9.17) is 0 Å². The summed E-state index contributed by atoms with van der Waals surface area (Å²) in [5.41, 5.74) is 2.81. The van der Waals surface area contributed by atoms with Crippen LogP contribution >= 0.6 is 0 Å². The molecule has 0 amide bonds. The highest BCUT2D eigenvalue weighted by Crippen LogP contribution is 2.09. The second-order valence-corrected chi connectivity index (χ2v) is 4.26. The molecule has 0 saturated carbocycles. The Balaban J connectivity index is 2.03. The van der Waals surface area contributed by atoms with Gasteiger partial charge in [0.25, 0.3) is 5.56 Å². The Morgan fingerprint density at radius 3 is 2.83 bits per heavy atom. The minimum Gasteiger partial charge on any atom is -0.312 e. The van der Waals surface area contributed by atoms with Crippen molar-refractivity contribution in [2.75, 3.05) is 0 Å². The van der Waals surface area contributed by atoms with Crippen molar-refractivity contribution in [1.82, 2.24) is 19.7 Å². The van der Waals surface area contributed by atoms with Crippen LogP contribution in [0.4, 0.5) is 0 Å². The number of nitrogens with one attached hydrogen (secondary N) is 1. The Bertz CT molecular complexity index is 740. The quantitative estimate of drug-likeness (QED) is 0.737. The van der Waals surface area contributed by atoms with Crippen LogP contribution in [0.5, 0.6) is 0 Å². The lowest BCUT2D eigenvalue weighted by Crippen LogP contribution is -2.08. The second kappa shape index (κ2) is 4.10. The summed E-state index contributed by atoms with van der Waals surface area (Å²) in [6.45, 7) is 2.66. The first-order chi connectivity index (χ1) is 8.74. The summed E-state index contributed by atoms with van der Waals surface area (Å²) in [5, 5.41) is 4.73. The number of benzene rings is 1. The molecular weight excluding hydrogens is 228 g/mol. The fourth-order valence-electron chi connectivity index (χ4n) is 1.89. The van der Waals surface area contributed by atoms with E-state index in [1.165, 1.54) is 11.9 Å². The number of hydrogen-bond donors (Lipinski definition) is 1. The fraction of sp³-hybridized carbons (Fsp3) is 0.154. The van der Waals surface area contributed by atoms with Crippen LogP contribution in [0.15, 0.2) is 41.6 Å². The highest BCUT2D eigenvalue weighted by Gasteiger charge is 2.07. The molecule has 0 saturated heterocycles. The highest BCUT2D eigenvalue weighted by atomic mass is 16.1. The molecule has 1 aromatic carbocycles. The number of aryl methyl sites for hydroxylation is 1. The fourth-order valence-corrected chi connectivity index (χ4v) is 1.89. The van der Waals surface area contributed by atoms with Gasteiger partial charge in [-0.25, -0.2) is 9.67 Å². The standard InChI is InChI=1S/C13H12N4O/c1-9-2-4-10(5-3-9)7-17-12-11(6-16-17)13(18)15-8-14-12/h2-6,8H,7H2,1H3,(H,14,15,18). The Morgan fingerprint density at radius 1 is 1.28 bits per heavy atom. The van der Waals surface area contributed by atoms with E-state index in [1.54, 1.807) is 10.9 Å². The lowest BCUT2D eigenvalue weighted by molar-refractivity contribution is 0.703. The topological polar surface area (TPSA) is 63.6 Å². The zero-order valence-electron chi connectivity index (χ0n) is 9.92. The van der Waals surface area contributed by atoms with Gasteiger partial charge in [0.1, 0.15) is 5.39 Å². The third-order valence-electron chi connectivity index (χ3n) is 2.89. The van der Waals surface area contributed by atoms with E-state index < -0.39 is 0 Å². The van der Waals surface area contributed by atoms with Gasteiger partial charge in [0.05, 0.1) is 19.1 Å². The summed E-state index contributed by atoms with van der Waals surface area (Å²) >= 11 is 0. The lowest BCUT2D eigenvalue weighted by atomic mass is 10.1. The summed E-state index contributed by atoms with van der Waals surface area (Å²) in [5.74, 6) is 0. The van der Waals surface area contributed by atoms with Gasteiger partial charge in [-0.2, -0.15) is 5.10 Å². The number of hydrogen-bond acceptors (Lipinski definition) is 3. The van der Waals surface area contributed by atoms with Crippen LogP contribution in [0.1, 0.15) is 11.1 Å². The Kier molecular flexibility index (Phi) is 2.44. The van der Waals surface area contributed by atoms with Gasteiger partial charge in [-0.1, -0.05) is 29.8 Å². The van der Waals surface area contributed by atoms with Crippen LogP contribution in [-0.4, -0.2) is 19.7 Å². The molecule has 0 aliphatic carbocycles. The minimum atomic E-state index is -0.157. The molecule has 0 radical (unpaired) electrons. The van der Waals surface area contributed by atoms with Crippen molar-refractivity contribution in [3.8, 4) is 0 Å². The van der Waals surface area contributed by atoms with E-state index in [9.17, 15) is 4.79 Å². The first-order valence-corrected chi connectivity index (χ1v) is 5.69. The highest BCUT2D eigenvalue weighted by molar-refractivity contribution is 5.72. The van der Waals surface area contributed by atoms with E-state index in [0.29, 0.717) is 17.6 Å². The number of H-pyrrole nitrogens is 1. The van der Waals surface area contributed by atoms with Gasteiger partial charge < -0.3 is 4.98 Å². The summed E-state index contributed by atoms with van der Waals surface area (Å²) in [7, 11) is 0. The monoisotopic (exact) mass is 240 g/mol. The zero-order valence-corrected chi connectivity index (χ0v) is 9.92. The number of nitrogens with zero attached hydrogens (tertiary/aromatic N) is 3. The molecule has 0 fully saturated rings. The van der Waals surface area contributed by atoms with Gasteiger partial charge in [0, 0.05) is 0 Å². The smallest absolute Gasteiger partial charge is 0.261 e. The van der Waals surface area contributed by atoms with Crippen molar-refractivity contribution >= 4 is 11.0 Å². The molecule has 0 aliphatic heterocycles. The van der Waals surface area contributed by atoms with Crippen LogP contribution in [0, 0.1) is 6.92 Å². The maximum absolute atomic E-state index is 11.5. The maximum atomic E-state index is 11.5. The number of fused-ring (bicyclic) bond motifs is 1. The van der Waals surface area contributed by atoms with Crippen molar-refractivity contribution in [2.45, 2.75) is 13.5 Å². The molecule has 0 spiro atoms. The van der Waals surface area contributed by atoms with Crippen LogP contribution in [0.3, 0.4) is 0 Å². The van der Waals surface area contributed by atoms with Crippen molar-refractivity contribution in [3.05, 3.63) is 58.3 Å². The SMILES string of the molecule is Cc1ccc(Cn2ncc3c(=O)[nH]cnc32)cc1. The summed E-state index contributed by atoms with van der Waals surface area (Å²) in [6.07, 6.45) is 2.95. The van der Waals surface area contributed by atoms with E-state index in [-0.39, 0.29) is 5.56 Å². The number of rotatable bonds is 2. The molecule has 5 heteroatoms. The molecule has 0 bridgehead atoms. The zero-order chi connectivity index (χ0) is 12.5. The maximum Gasteiger partial charge on any atom is 0.261 e. The van der Waals surface area contributed by atoms with Crippen LogP contribution in [0.2, 0.25) is 0 Å². The van der Waals surface area contributed by atoms with Gasteiger partial charge in [0.2, 0.25) is 0 Å². The molecule has 3 rings (SSSR count). The van der Waals surface area contributed by atoms with Crippen molar-refractivity contribution in [1.29, 1.82) is 0 Å². The predicted molar refractivity (Wildman–Crippen MR) is 68.4 cm³/mol. The molecule has 5 nitrogen and oxygen atoms in total.